The molecule has 2 heterocycles. The van der Waals surface area contributed by atoms with E-state index in [0.29, 0.717) is 13.0 Å². The second-order valence-corrected chi connectivity index (χ2v) is 3.41. The Hall–Kier alpha value is -1.36. The summed E-state index contributed by atoms with van der Waals surface area (Å²) in [4.78, 5) is 15.5. The lowest BCUT2D eigenvalue weighted by molar-refractivity contribution is -0.143. The van der Waals surface area contributed by atoms with E-state index in [2.05, 4.69) is 15.0 Å². The van der Waals surface area contributed by atoms with Crippen molar-refractivity contribution >= 4 is 5.97 Å². The smallest absolute Gasteiger partial charge is 0.323 e. The number of rotatable bonds is 1. The Morgan fingerprint density at radius 3 is 3.29 bits per heavy atom. The number of carbonyl (C=O) groups is 1. The lowest BCUT2D eigenvalue weighted by Crippen LogP contribution is -2.42. The fourth-order valence-electron chi connectivity index (χ4n) is 1.70. The molecule has 2 rings (SSSR count). The van der Waals surface area contributed by atoms with Crippen LogP contribution in [0.25, 0.3) is 0 Å². The highest BCUT2D eigenvalue weighted by atomic mass is 16.5. The largest absolute Gasteiger partial charge is 0.468 e. The van der Waals surface area contributed by atoms with E-state index in [4.69, 9.17) is 0 Å². The first-order valence-corrected chi connectivity index (χ1v) is 4.52. The highest BCUT2D eigenvalue weighted by Gasteiger charge is 2.26. The zero-order valence-corrected chi connectivity index (χ0v) is 8.28. The van der Waals surface area contributed by atoms with Gasteiger partial charge in [-0.1, -0.05) is 0 Å². The third kappa shape index (κ3) is 1.39. The Balaban J connectivity index is 2.18. The normalized spacial score (nSPS) is 20.3. The van der Waals surface area contributed by atoms with Gasteiger partial charge in [0.05, 0.1) is 24.8 Å². The van der Waals surface area contributed by atoms with E-state index >= 15 is 0 Å². The van der Waals surface area contributed by atoms with Crippen LogP contribution in [-0.4, -0.2) is 28.7 Å². The number of aromatic nitrogens is 2. The molecule has 0 unspecified atom stereocenters. The molecule has 1 atom stereocenters. The van der Waals surface area contributed by atoms with Gasteiger partial charge in [0.1, 0.15) is 6.04 Å². The van der Waals surface area contributed by atoms with Crippen LogP contribution < -0.4 is 5.32 Å². The Kier molecular flexibility index (Phi) is 2.25. The summed E-state index contributed by atoms with van der Waals surface area (Å²) in [6.07, 6.45) is 2.38. The fraction of sp³-hybridized carbons (Fsp3) is 0.556. The third-order valence-electron chi connectivity index (χ3n) is 2.54. The van der Waals surface area contributed by atoms with Crippen LogP contribution in [0.2, 0.25) is 0 Å². The summed E-state index contributed by atoms with van der Waals surface area (Å²) < 4.78 is 6.64. The van der Waals surface area contributed by atoms with Crippen molar-refractivity contribution in [1.29, 1.82) is 0 Å². The van der Waals surface area contributed by atoms with Gasteiger partial charge in [-0.05, 0) is 0 Å². The quantitative estimate of drug-likeness (QED) is 0.620. The summed E-state index contributed by atoms with van der Waals surface area (Å²) in [5.41, 5.74) is 2.13. The van der Waals surface area contributed by atoms with Crippen molar-refractivity contribution in [1.82, 2.24) is 14.9 Å². The maximum atomic E-state index is 11.3. The average molecular weight is 195 g/mol. The summed E-state index contributed by atoms with van der Waals surface area (Å²) in [6.45, 7) is 0.672. The van der Waals surface area contributed by atoms with Gasteiger partial charge in [-0.2, -0.15) is 0 Å². The molecule has 76 valence electrons. The third-order valence-corrected chi connectivity index (χ3v) is 2.54. The summed E-state index contributed by atoms with van der Waals surface area (Å²) in [7, 11) is 3.35. The molecule has 0 saturated carbocycles. The van der Waals surface area contributed by atoms with Crippen molar-refractivity contribution in [3.05, 3.63) is 17.7 Å². The van der Waals surface area contributed by atoms with Crippen LogP contribution in [-0.2, 0) is 29.5 Å². The molecule has 1 aliphatic rings. The zero-order valence-electron chi connectivity index (χ0n) is 8.28. The molecule has 1 aliphatic heterocycles. The first-order valence-electron chi connectivity index (χ1n) is 4.52. The number of hydrogen-bond acceptors (Lipinski definition) is 4. The Morgan fingerprint density at radius 1 is 1.79 bits per heavy atom. The van der Waals surface area contributed by atoms with Gasteiger partial charge in [-0.3, -0.25) is 10.1 Å². The van der Waals surface area contributed by atoms with Crippen LogP contribution in [0.15, 0.2) is 6.33 Å². The van der Waals surface area contributed by atoms with E-state index in [1.807, 2.05) is 11.6 Å². The Labute approximate surface area is 82.1 Å². The molecule has 0 aliphatic carbocycles. The fourth-order valence-corrected chi connectivity index (χ4v) is 1.70. The minimum atomic E-state index is -0.248. The van der Waals surface area contributed by atoms with Crippen LogP contribution in [0.3, 0.4) is 0 Å². The maximum absolute atomic E-state index is 11.3. The number of methoxy groups -OCH3 is 1. The molecule has 1 aromatic heterocycles. The molecule has 5 heteroatoms. The average Bonchev–Trinajstić information content (AvgIpc) is 2.59. The predicted octanol–water partition coefficient (Wildman–Crippen LogP) is -0.393. The number of nitrogens with one attached hydrogen (secondary N) is 1. The van der Waals surface area contributed by atoms with E-state index < -0.39 is 0 Å². The monoisotopic (exact) mass is 195 g/mol. The van der Waals surface area contributed by atoms with Crippen LogP contribution in [0.1, 0.15) is 11.4 Å². The number of nitrogens with zero attached hydrogens (tertiary/aromatic N) is 2. The number of ether oxygens (including phenoxy) is 1. The molecular formula is C9H13N3O2. The standard InChI is InChI=1S/C9H13N3O2/c1-12-5-11-6-3-7(9(13)14-2)10-4-8(6)12/h5,7,10H,3-4H2,1-2H3/t7-/m1/s1. The first-order chi connectivity index (χ1) is 6.72. The molecule has 0 amide bonds. The number of esters is 1. The second-order valence-electron chi connectivity index (χ2n) is 3.41. The van der Waals surface area contributed by atoms with Gasteiger partial charge >= 0.3 is 5.97 Å². The highest BCUT2D eigenvalue weighted by molar-refractivity contribution is 5.76. The molecular weight excluding hydrogens is 182 g/mol. The lowest BCUT2D eigenvalue weighted by atomic mass is 10.1. The van der Waals surface area contributed by atoms with E-state index in [-0.39, 0.29) is 12.0 Å². The molecule has 14 heavy (non-hydrogen) atoms. The summed E-state index contributed by atoms with van der Waals surface area (Å²) >= 11 is 0. The van der Waals surface area contributed by atoms with Gasteiger partial charge in [-0.25, -0.2) is 4.98 Å². The first kappa shape index (κ1) is 9.21. The molecule has 0 radical (unpaired) electrons. The number of carbonyl (C=O) groups excluding carboxylic acids is 1. The summed E-state index contributed by atoms with van der Waals surface area (Å²) in [5.74, 6) is -0.221. The molecule has 1 N–H and O–H groups in total. The van der Waals surface area contributed by atoms with Gasteiger partial charge in [0.25, 0.3) is 0 Å². The van der Waals surface area contributed by atoms with Crippen LogP contribution in [0.4, 0.5) is 0 Å². The van der Waals surface area contributed by atoms with Crippen LogP contribution in [0.5, 0.6) is 0 Å². The summed E-state index contributed by atoms with van der Waals surface area (Å²) in [5, 5.41) is 3.12. The molecule has 0 bridgehead atoms. The lowest BCUT2D eigenvalue weighted by Gasteiger charge is -2.21. The molecule has 5 nitrogen and oxygen atoms in total. The minimum absolute atomic E-state index is 0.221. The van der Waals surface area contributed by atoms with E-state index in [1.54, 1.807) is 6.33 Å². The second kappa shape index (κ2) is 3.42. The SMILES string of the molecule is COC(=O)[C@H]1Cc2ncn(C)c2CN1. The van der Waals surface area contributed by atoms with Gasteiger partial charge in [0, 0.05) is 20.0 Å². The molecule has 0 saturated heterocycles. The molecule has 0 spiro atoms. The van der Waals surface area contributed by atoms with Crippen molar-refractivity contribution in [2.75, 3.05) is 7.11 Å². The number of fused-ring (bicyclic) bond motifs is 1. The zero-order chi connectivity index (χ0) is 10.1. The topological polar surface area (TPSA) is 56.1 Å². The van der Waals surface area contributed by atoms with Crippen molar-refractivity contribution in [3.63, 3.8) is 0 Å². The van der Waals surface area contributed by atoms with Crippen molar-refractivity contribution < 1.29 is 9.53 Å². The van der Waals surface area contributed by atoms with E-state index in [9.17, 15) is 4.79 Å². The highest BCUT2D eigenvalue weighted by Crippen LogP contribution is 2.14. The molecule has 0 aromatic carbocycles. The molecule has 0 fully saturated rings. The number of imidazole rings is 1. The Bertz CT molecular complexity index is 359. The molecule has 1 aromatic rings. The van der Waals surface area contributed by atoms with Gasteiger partial charge in [0.2, 0.25) is 0 Å². The van der Waals surface area contributed by atoms with Crippen molar-refractivity contribution in [3.8, 4) is 0 Å². The van der Waals surface area contributed by atoms with Gasteiger partial charge in [-0.15, -0.1) is 0 Å². The Morgan fingerprint density at radius 2 is 2.57 bits per heavy atom. The maximum Gasteiger partial charge on any atom is 0.323 e. The van der Waals surface area contributed by atoms with Crippen LogP contribution >= 0.6 is 0 Å². The van der Waals surface area contributed by atoms with Crippen molar-refractivity contribution in [2.24, 2.45) is 7.05 Å². The number of hydrogen-bond donors (Lipinski definition) is 1. The predicted molar refractivity (Wildman–Crippen MR) is 49.6 cm³/mol. The van der Waals surface area contributed by atoms with Gasteiger partial charge < -0.3 is 9.30 Å². The van der Waals surface area contributed by atoms with E-state index in [1.165, 1.54) is 7.11 Å². The van der Waals surface area contributed by atoms with Crippen LogP contribution in [0, 0.1) is 0 Å². The van der Waals surface area contributed by atoms with E-state index in [0.717, 1.165) is 11.4 Å². The van der Waals surface area contributed by atoms with Gasteiger partial charge in [0.15, 0.2) is 0 Å². The minimum Gasteiger partial charge on any atom is -0.468 e. The number of aryl methyl sites for hydroxylation is 1. The van der Waals surface area contributed by atoms with Crippen molar-refractivity contribution in [2.45, 2.75) is 19.0 Å². The summed E-state index contributed by atoms with van der Waals surface area (Å²) in [6, 6.07) is -0.248.